The van der Waals surface area contributed by atoms with Gasteiger partial charge in [0.2, 0.25) is 0 Å². The molecule has 1 saturated carbocycles. The van der Waals surface area contributed by atoms with Crippen molar-refractivity contribution in [3.63, 3.8) is 0 Å². The Morgan fingerprint density at radius 1 is 1.09 bits per heavy atom. The Morgan fingerprint density at radius 2 is 1.79 bits per heavy atom. The maximum atomic E-state index is 13.0. The number of carbonyl (C=O) groups excluding carboxylic acids is 3. The van der Waals surface area contributed by atoms with Gasteiger partial charge in [-0.3, -0.25) is 14.9 Å². The van der Waals surface area contributed by atoms with E-state index in [1.807, 2.05) is 0 Å². The summed E-state index contributed by atoms with van der Waals surface area (Å²) in [6.45, 7) is 7.63. The summed E-state index contributed by atoms with van der Waals surface area (Å²) in [5.41, 5.74) is 0.383. The molecule has 0 radical (unpaired) electrons. The molecule has 1 aliphatic carbocycles. The fourth-order valence-electron chi connectivity index (χ4n) is 4.68. The second-order valence-electron chi connectivity index (χ2n) is 10.1. The summed E-state index contributed by atoms with van der Waals surface area (Å²) >= 11 is 0. The molecule has 3 amide bonds. The van der Waals surface area contributed by atoms with Gasteiger partial charge in [-0.1, -0.05) is 0 Å². The van der Waals surface area contributed by atoms with Crippen LogP contribution in [0.1, 0.15) is 71.3 Å². The van der Waals surface area contributed by atoms with Crippen molar-refractivity contribution in [1.82, 2.24) is 9.88 Å². The summed E-state index contributed by atoms with van der Waals surface area (Å²) in [7, 11) is 0. The molecule has 1 aromatic rings. The number of aromatic nitrogens is 1. The number of aliphatic hydroxyl groups is 1. The van der Waals surface area contributed by atoms with Gasteiger partial charge in [0.15, 0.2) is 0 Å². The lowest BCUT2D eigenvalue weighted by atomic mass is 9.79. The Balaban J connectivity index is 1.62. The van der Waals surface area contributed by atoms with E-state index in [2.05, 4.69) is 15.6 Å². The van der Waals surface area contributed by atoms with Crippen LogP contribution in [-0.4, -0.2) is 57.2 Å². The molecule has 3 rings (SSSR count). The molecule has 2 heterocycles. The van der Waals surface area contributed by atoms with Crippen molar-refractivity contribution in [2.24, 2.45) is 5.92 Å². The van der Waals surface area contributed by atoms with Crippen LogP contribution in [0.4, 0.5) is 16.3 Å². The predicted octanol–water partition coefficient (Wildman–Crippen LogP) is 3.61. The van der Waals surface area contributed by atoms with Crippen LogP contribution in [0.15, 0.2) is 12.3 Å². The monoisotopic (exact) mass is 460 g/mol. The number of amides is 3. The molecule has 9 heteroatoms. The summed E-state index contributed by atoms with van der Waals surface area (Å²) in [5.74, 6) is -0.567. The predicted molar refractivity (Wildman–Crippen MR) is 125 cm³/mol. The molecule has 0 bridgehead atoms. The lowest BCUT2D eigenvalue weighted by molar-refractivity contribution is -0.147. The molecule has 182 valence electrons. The standard InChI is InChI=1S/C24H36N4O5/c1-15-13-17(14-25-20(15)27-23(32)33-24(2,3)4)26-21(30)22(31)28-12-6-5-7-19(28)16-8-10-18(29)11-9-16/h13-14,16,18-19,29H,5-12H2,1-4H3,(H,26,30)(H,25,27,32)/t16?,18?,19-/m1/s1. The molecule has 0 spiro atoms. The Bertz CT molecular complexity index is 874. The summed E-state index contributed by atoms with van der Waals surface area (Å²) in [4.78, 5) is 43.7. The zero-order valence-corrected chi connectivity index (χ0v) is 20.0. The van der Waals surface area contributed by atoms with E-state index in [1.54, 1.807) is 38.7 Å². The van der Waals surface area contributed by atoms with Crippen molar-refractivity contribution in [1.29, 1.82) is 0 Å². The van der Waals surface area contributed by atoms with Gasteiger partial charge in [-0.05, 0) is 90.2 Å². The first-order valence-electron chi connectivity index (χ1n) is 11.8. The van der Waals surface area contributed by atoms with Crippen LogP contribution < -0.4 is 10.6 Å². The smallest absolute Gasteiger partial charge is 0.413 e. The number of piperidine rings is 1. The number of hydrogen-bond acceptors (Lipinski definition) is 6. The van der Waals surface area contributed by atoms with Crippen molar-refractivity contribution in [3.8, 4) is 0 Å². The van der Waals surface area contributed by atoms with Gasteiger partial charge < -0.3 is 20.1 Å². The zero-order chi connectivity index (χ0) is 24.2. The molecule has 1 aliphatic heterocycles. The average Bonchev–Trinajstić information content (AvgIpc) is 2.74. The molecule has 9 nitrogen and oxygen atoms in total. The van der Waals surface area contributed by atoms with Gasteiger partial charge in [0.25, 0.3) is 0 Å². The van der Waals surface area contributed by atoms with Crippen LogP contribution >= 0.6 is 0 Å². The SMILES string of the molecule is Cc1cc(NC(=O)C(=O)N2CCCC[C@@H]2C2CCC(O)CC2)cnc1NC(=O)OC(C)(C)C. The number of likely N-dealkylation sites (tertiary alicyclic amines) is 1. The van der Waals surface area contributed by atoms with Crippen LogP contribution in [0.2, 0.25) is 0 Å². The highest BCUT2D eigenvalue weighted by Crippen LogP contribution is 2.34. The van der Waals surface area contributed by atoms with Crippen molar-refractivity contribution in [2.45, 2.75) is 90.4 Å². The fraction of sp³-hybridized carbons (Fsp3) is 0.667. The second kappa shape index (κ2) is 10.5. The quantitative estimate of drug-likeness (QED) is 0.593. The highest BCUT2D eigenvalue weighted by atomic mass is 16.6. The van der Waals surface area contributed by atoms with Gasteiger partial charge >= 0.3 is 17.9 Å². The van der Waals surface area contributed by atoms with Crippen molar-refractivity contribution >= 4 is 29.4 Å². The molecule has 1 saturated heterocycles. The first-order chi connectivity index (χ1) is 15.5. The van der Waals surface area contributed by atoms with Gasteiger partial charge in [0, 0.05) is 12.6 Å². The molecule has 2 fully saturated rings. The lowest BCUT2D eigenvalue weighted by Crippen LogP contribution is -2.52. The highest BCUT2D eigenvalue weighted by molar-refractivity contribution is 6.39. The van der Waals surface area contributed by atoms with Crippen molar-refractivity contribution in [3.05, 3.63) is 17.8 Å². The second-order valence-corrected chi connectivity index (χ2v) is 10.1. The molecule has 33 heavy (non-hydrogen) atoms. The van der Waals surface area contributed by atoms with E-state index in [0.29, 0.717) is 29.5 Å². The Hall–Kier alpha value is -2.68. The number of carbonyl (C=O) groups is 3. The maximum Gasteiger partial charge on any atom is 0.413 e. The first kappa shape index (κ1) is 25.0. The Labute approximate surface area is 195 Å². The number of nitrogens with zero attached hydrogens (tertiary/aromatic N) is 2. The zero-order valence-electron chi connectivity index (χ0n) is 20.0. The van der Waals surface area contributed by atoms with E-state index in [-0.39, 0.29) is 12.1 Å². The molecule has 1 atom stereocenters. The summed E-state index contributed by atoms with van der Waals surface area (Å²) in [5, 5.41) is 15.1. The van der Waals surface area contributed by atoms with Crippen LogP contribution in [0.5, 0.6) is 0 Å². The third-order valence-electron chi connectivity index (χ3n) is 6.25. The molecule has 1 aromatic heterocycles. The van der Waals surface area contributed by atoms with Gasteiger partial charge in [-0.25, -0.2) is 9.78 Å². The van der Waals surface area contributed by atoms with Gasteiger partial charge in [-0.15, -0.1) is 0 Å². The Morgan fingerprint density at radius 3 is 2.42 bits per heavy atom. The number of ether oxygens (including phenoxy) is 1. The van der Waals surface area contributed by atoms with Gasteiger partial charge in [0.1, 0.15) is 11.4 Å². The van der Waals surface area contributed by atoms with E-state index >= 15 is 0 Å². The minimum Gasteiger partial charge on any atom is -0.444 e. The van der Waals surface area contributed by atoms with Crippen LogP contribution in [0.25, 0.3) is 0 Å². The molecular formula is C24H36N4O5. The topological polar surface area (TPSA) is 121 Å². The number of hydrogen-bond donors (Lipinski definition) is 3. The van der Waals surface area contributed by atoms with Crippen LogP contribution in [0.3, 0.4) is 0 Å². The number of nitrogens with one attached hydrogen (secondary N) is 2. The molecule has 0 aromatic carbocycles. The number of rotatable bonds is 3. The highest BCUT2D eigenvalue weighted by Gasteiger charge is 2.37. The maximum absolute atomic E-state index is 13.0. The number of anilines is 2. The minimum atomic E-state index is -0.688. The largest absolute Gasteiger partial charge is 0.444 e. The van der Waals surface area contributed by atoms with Crippen LogP contribution in [-0.2, 0) is 14.3 Å². The third kappa shape index (κ3) is 6.90. The van der Waals surface area contributed by atoms with E-state index in [0.717, 1.165) is 44.9 Å². The molecule has 2 aliphatic rings. The molecule has 0 unspecified atom stereocenters. The van der Waals surface area contributed by atoms with Gasteiger partial charge in [-0.2, -0.15) is 0 Å². The molecule has 3 N–H and O–H groups in total. The summed E-state index contributed by atoms with van der Waals surface area (Å²) in [6.07, 6.45) is 6.64. The number of aryl methyl sites for hydroxylation is 1. The summed E-state index contributed by atoms with van der Waals surface area (Å²) in [6, 6.07) is 1.70. The van der Waals surface area contributed by atoms with Gasteiger partial charge in [0.05, 0.1) is 18.0 Å². The van der Waals surface area contributed by atoms with E-state index in [9.17, 15) is 19.5 Å². The van der Waals surface area contributed by atoms with Crippen molar-refractivity contribution in [2.75, 3.05) is 17.2 Å². The number of aliphatic hydroxyl groups excluding tert-OH is 1. The van der Waals surface area contributed by atoms with Crippen LogP contribution in [0, 0.1) is 12.8 Å². The number of pyridine rings is 1. The van der Waals surface area contributed by atoms with E-state index in [4.69, 9.17) is 4.74 Å². The van der Waals surface area contributed by atoms with Crippen molar-refractivity contribution < 1.29 is 24.2 Å². The summed E-state index contributed by atoms with van der Waals surface area (Å²) < 4.78 is 5.23. The van der Waals surface area contributed by atoms with E-state index < -0.39 is 23.5 Å². The Kier molecular flexibility index (Phi) is 7.94. The minimum absolute atomic E-state index is 0.0461. The average molecular weight is 461 g/mol. The lowest BCUT2D eigenvalue weighted by Gasteiger charge is -2.42. The molecular weight excluding hydrogens is 424 g/mol. The fourth-order valence-corrected chi connectivity index (χ4v) is 4.68. The van der Waals surface area contributed by atoms with E-state index in [1.165, 1.54) is 6.20 Å². The first-order valence-corrected chi connectivity index (χ1v) is 11.8. The normalized spacial score (nSPS) is 23.5. The third-order valence-corrected chi connectivity index (χ3v) is 6.25.